The number of piperidine rings is 1. The number of nitrogens with one attached hydrogen (secondary N) is 2. The van der Waals surface area contributed by atoms with E-state index in [9.17, 15) is 9.18 Å². The number of carbonyl (C=O) groups excluding carboxylic acids is 1. The van der Waals surface area contributed by atoms with Gasteiger partial charge in [0, 0.05) is 7.11 Å². The summed E-state index contributed by atoms with van der Waals surface area (Å²) >= 11 is 0. The lowest BCUT2D eigenvalue weighted by molar-refractivity contribution is -0.140. The maximum absolute atomic E-state index is 12.7. The minimum Gasteiger partial charge on any atom is -0.368 e. The van der Waals surface area contributed by atoms with Gasteiger partial charge in [-0.25, -0.2) is 9.37 Å². The molecule has 0 radical (unpaired) electrons. The van der Waals surface area contributed by atoms with Gasteiger partial charge in [-0.3, -0.25) is 4.79 Å². The Labute approximate surface area is 129 Å². The Kier molecular flexibility index (Phi) is 7.96. The van der Waals surface area contributed by atoms with Gasteiger partial charge >= 0.3 is 0 Å². The average Bonchev–Trinajstić information content (AvgIpc) is 2.42. The number of carbonyl (C=O) groups is 1. The standard InChI is InChI=1S/C12H16FN3O2.2ClH/c1-18-12(4-6-14-7-5-12)11(17)16-10-3-2-9(13)8-15-10;;/h2-3,8,14H,4-7H2,1H3,(H,15,16,17);2*1H. The van der Waals surface area contributed by atoms with Crippen molar-refractivity contribution in [3.63, 3.8) is 0 Å². The molecule has 2 N–H and O–H groups in total. The maximum Gasteiger partial charge on any atom is 0.257 e. The quantitative estimate of drug-likeness (QED) is 0.889. The number of methoxy groups -OCH3 is 1. The van der Waals surface area contributed by atoms with Crippen LogP contribution in [0.1, 0.15) is 12.8 Å². The van der Waals surface area contributed by atoms with Gasteiger partial charge in [0.15, 0.2) is 0 Å². The van der Waals surface area contributed by atoms with Gasteiger partial charge in [0.2, 0.25) is 0 Å². The lowest BCUT2D eigenvalue weighted by Crippen LogP contribution is -2.51. The maximum atomic E-state index is 12.7. The van der Waals surface area contributed by atoms with Gasteiger partial charge in [0.1, 0.15) is 17.2 Å². The van der Waals surface area contributed by atoms with E-state index >= 15 is 0 Å². The number of halogens is 3. The Balaban J connectivity index is 0.00000180. The lowest BCUT2D eigenvalue weighted by atomic mass is 9.91. The molecule has 1 aliphatic heterocycles. The number of aromatic nitrogens is 1. The second-order valence-corrected chi connectivity index (χ2v) is 4.26. The van der Waals surface area contributed by atoms with Gasteiger partial charge in [0.05, 0.1) is 6.20 Å². The molecule has 1 amide bonds. The fourth-order valence-electron chi connectivity index (χ4n) is 2.03. The van der Waals surface area contributed by atoms with Crippen LogP contribution in [0, 0.1) is 5.82 Å². The first-order valence-corrected chi connectivity index (χ1v) is 5.85. The van der Waals surface area contributed by atoms with Crippen LogP contribution in [0.5, 0.6) is 0 Å². The van der Waals surface area contributed by atoms with E-state index in [0.29, 0.717) is 18.7 Å². The van der Waals surface area contributed by atoms with Gasteiger partial charge in [-0.2, -0.15) is 0 Å². The van der Waals surface area contributed by atoms with Crippen molar-refractivity contribution in [3.8, 4) is 0 Å². The lowest BCUT2D eigenvalue weighted by Gasteiger charge is -2.34. The highest BCUT2D eigenvalue weighted by atomic mass is 35.5. The predicted molar refractivity (Wildman–Crippen MR) is 79.2 cm³/mol. The fraction of sp³-hybridized carbons (Fsp3) is 0.500. The molecular formula is C12H18Cl2FN3O2. The molecule has 1 aromatic heterocycles. The first-order valence-electron chi connectivity index (χ1n) is 5.85. The van der Waals surface area contributed by atoms with Gasteiger partial charge < -0.3 is 15.4 Å². The third kappa shape index (κ3) is 4.28. The van der Waals surface area contributed by atoms with Crippen molar-refractivity contribution in [2.45, 2.75) is 18.4 Å². The van der Waals surface area contributed by atoms with E-state index in [1.54, 1.807) is 0 Å². The summed E-state index contributed by atoms with van der Waals surface area (Å²) in [6.07, 6.45) is 2.28. The van der Waals surface area contributed by atoms with E-state index in [2.05, 4.69) is 15.6 Å². The van der Waals surface area contributed by atoms with Crippen LogP contribution in [-0.4, -0.2) is 36.7 Å². The number of nitrogens with zero attached hydrogens (tertiary/aromatic N) is 1. The Morgan fingerprint density at radius 2 is 2.05 bits per heavy atom. The van der Waals surface area contributed by atoms with Gasteiger partial charge in [-0.05, 0) is 38.1 Å². The molecular weight excluding hydrogens is 308 g/mol. The normalized spacial score (nSPS) is 16.5. The summed E-state index contributed by atoms with van der Waals surface area (Å²) in [5, 5.41) is 5.84. The molecule has 0 atom stereocenters. The second kappa shape index (κ2) is 8.36. The Bertz CT molecular complexity index is 425. The minimum absolute atomic E-state index is 0. The van der Waals surface area contributed by atoms with Crippen LogP contribution < -0.4 is 10.6 Å². The van der Waals surface area contributed by atoms with E-state index in [1.807, 2.05) is 0 Å². The monoisotopic (exact) mass is 325 g/mol. The number of ether oxygens (including phenoxy) is 1. The van der Waals surface area contributed by atoms with Crippen LogP contribution >= 0.6 is 24.8 Å². The summed E-state index contributed by atoms with van der Waals surface area (Å²) in [5.41, 5.74) is -0.818. The van der Waals surface area contributed by atoms with Crippen LogP contribution in [0.2, 0.25) is 0 Å². The molecule has 0 aliphatic carbocycles. The average molecular weight is 326 g/mol. The number of anilines is 1. The van der Waals surface area contributed by atoms with Gasteiger partial charge in [0.25, 0.3) is 5.91 Å². The second-order valence-electron chi connectivity index (χ2n) is 4.26. The molecule has 1 aromatic rings. The number of hydrogen-bond donors (Lipinski definition) is 2. The zero-order chi connectivity index (χ0) is 13.0. The van der Waals surface area contributed by atoms with Crippen molar-refractivity contribution in [2.24, 2.45) is 0 Å². The summed E-state index contributed by atoms with van der Waals surface area (Å²) in [6.45, 7) is 1.47. The van der Waals surface area contributed by atoms with Crippen LogP contribution in [0.15, 0.2) is 18.3 Å². The largest absolute Gasteiger partial charge is 0.368 e. The first-order chi connectivity index (χ1) is 8.66. The van der Waals surface area contributed by atoms with Crippen molar-refractivity contribution < 1.29 is 13.9 Å². The molecule has 0 spiro atoms. The molecule has 2 heterocycles. The minimum atomic E-state index is -0.818. The van der Waals surface area contributed by atoms with Gasteiger partial charge in [-0.1, -0.05) is 0 Å². The van der Waals surface area contributed by atoms with E-state index in [1.165, 1.54) is 19.2 Å². The van der Waals surface area contributed by atoms with E-state index in [4.69, 9.17) is 4.74 Å². The highest BCUT2D eigenvalue weighted by Gasteiger charge is 2.39. The summed E-state index contributed by atoms with van der Waals surface area (Å²) in [6, 6.07) is 2.68. The van der Waals surface area contributed by atoms with Crippen LogP contribution in [0.4, 0.5) is 10.2 Å². The highest BCUT2D eigenvalue weighted by molar-refractivity contribution is 5.96. The molecule has 114 valence electrons. The third-order valence-corrected chi connectivity index (χ3v) is 3.18. The van der Waals surface area contributed by atoms with Crippen molar-refractivity contribution in [3.05, 3.63) is 24.1 Å². The SMILES string of the molecule is COC1(C(=O)Nc2ccc(F)cn2)CCNCC1.Cl.Cl. The summed E-state index contributed by atoms with van der Waals surface area (Å²) in [5.74, 6) is -0.335. The fourth-order valence-corrected chi connectivity index (χ4v) is 2.03. The topological polar surface area (TPSA) is 63.2 Å². The number of amides is 1. The van der Waals surface area contributed by atoms with E-state index in [-0.39, 0.29) is 30.7 Å². The van der Waals surface area contributed by atoms with Crippen molar-refractivity contribution >= 4 is 36.5 Å². The zero-order valence-electron chi connectivity index (χ0n) is 11.0. The highest BCUT2D eigenvalue weighted by Crippen LogP contribution is 2.24. The summed E-state index contributed by atoms with van der Waals surface area (Å²) in [7, 11) is 1.53. The number of hydrogen-bond acceptors (Lipinski definition) is 4. The first kappa shape index (κ1) is 19.1. The van der Waals surface area contributed by atoms with Crippen LogP contribution in [0.3, 0.4) is 0 Å². The number of rotatable bonds is 3. The zero-order valence-corrected chi connectivity index (χ0v) is 12.7. The Hall–Kier alpha value is -0.950. The van der Waals surface area contributed by atoms with Gasteiger partial charge in [-0.15, -0.1) is 24.8 Å². The molecule has 20 heavy (non-hydrogen) atoms. The molecule has 0 unspecified atom stereocenters. The van der Waals surface area contributed by atoms with Crippen molar-refractivity contribution in [1.29, 1.82) is 0 Å². The van der Waals surface area contributed by atoms with Crippen LogP contribution in [-0.2, 0) is 9.53 Å². The molecule has 0 bridgehead atoms. The predicted octanol–water partition coefficient (Wildman–Crippen LogP) is 1.77. The van der Waals surface area contributed by atoms with E-state index < -0.39 is 11.4 Å². The Morgan fingerprint density at radius 3 is 2.55 bits per heavy atom. The molecule has 1 aliphatic rings. The molecule has 0 saturated carbocycles. The molecule has 0 aromatic carbocycles. The van der Waals surface area contributed by atoms with E-state index in [0.717, 1.165) is 19.3 Å². The molecule has 8 heteroatoms. The molecule has 1 saturated heterocycles. The Morgan fingerprint density at radius 1 is 1.40 bits per heavy atom. The summed E-state index contributed by atoms with van der Waals surface area (Å²) in [4.78, 5) is 16.0. The summed E-state index contributed by atoms with van der Waals surface area (Å²) < 4.78 is 18.1. The van der Waals surface area contributed by atoms with Crippen molar-refractivity contribution in [2.75, 3.05) is 25.5 Å². The molecule has 5 nitrogen and oxygen atoms in total. The molecule has 2 rings (SSSR count). The molecule has 1 fully saturated rings. The smallest absolute Gasteiger partial charge is 0.257 e. The third-order valence-electron chi connectivity index (χ3n) is 3.18. The number of pyridine rings is 1. The van der Waals surface area contributed by atoms with Crippen LogP contribution in [0.25, 0.3) is 0 Å². The van der Waals surface area contributed by atoms with Crippen molar-refractivity contribution in [1.82, 2.24) is 10.3 Å².